The molecule has 3 aromatic rings. The number of nitrogens with zero attached hydrogens (tertiary/aromatic N) is 2. The van der Waals surface area contributed by atoms with Gasteiger partial charge in [-0.25, -0.2) is 9.78 Å². The van der Waals surface area contributed by atoms with Crippen molar-refractivity contribution in [3.8, 4) is 6.07 Å². The Morgan fingerprint density at radius 2 is 2.04 bits per heavy atom. The summed E-state index contributed by atoms with van der Waals surface area (Å²) < 4.78 is 4.70. The molecule has 27 heavy (non-hydrogen) atoms. The molecule has 0 aliphatic heterocycles. The number of ether oxygens (including phenoxy) is 1. The first-order chi connectivity index (χ1) is 12.8. The number of methoxy groups -OCH3 is 1. The molecule has 0 bridgehead atoms. The van der Waals surface area contributed by atoms with E-state index in [1.165, 1.54) is 19.2 Å². The van der Waals surface area contributed by atoms with Crippen LogP contribution in [0.25, 0.3) is 10.2 Å². The first-order valence-corrected chi connectivity index (χ1v) is 8.56. The molecule has 0 aliphatic rings. The molecule has 0 saturated carbocycles. The third kappa shape index (κ3) is 3.26. The molecule has 1 aromatic carbocycles. The molecule has 0 spiro atoms. The number of carbonyl (C=O) groups is 2. The highest BCUT2D eigenvalue weighted by Crippen LogP contribution is 2.35. The third-order valence-electron chi connectivity index (χ3n) is 3.98. The molecule has 5 N–H and O–H groups in total. The summed E-state index contributed by atoms with van der Waals surface area (Å²) in [5.41, 5.74) is 13.8. The highest BCUT2D eigenvalue weighted by atomic mass is 32.1. The monoisotopic (exact) mass is 381 g/mol. The van der Waals surface area contributed by atoms with Crippen LogP contribution in [-0.4, -0.2) is 24.0 Å². The van der Waals surface area contributed by atoms with Crippen LogP contribution in [0, 0.1) is 18.3 Å². The van der Waals surface area contributed by atoms with Gasteiger partial charge in [0.05, 0.1) is 23.9 Å². The number of esters is 1. The van der Waals surface area contributed by atoms with E-state index < -0.39 is 11.9 Å². The van der Waals surface area contributed by atoms with Gasteiger partial charge in [-0.3, -0.25) is 4.79 Å². The summed E-state index contributed by atoms with van der Waals surface area (Å²) >= 11 is 1.08. The molecule has 0 unspecified atom stereocenters. The molecular weight excluding hydrogens is 366 g/mol. The van der Waals surface area contributed by atoms with Crippen molar-refractivity contribution in [1.82, 2.24) is 4.98 Å². The van der Waals surface area contributed by atoms with Crippen LogP contribution in [0.3, 0.4) is 0 Å². The Morgan fingerprint density at radius 3 is 2.70 bits per heavy atom. The standard InChI is InChI=1S/C18H15N5O3S/c1-8-3-4-9(18(25)26-2)6-12(8)22-16(24)14-13(20)11-5-10(7-19)15(21)23-17(11)27-14/h3-6H,20H2,1-2H3,(H2,21,23)(H,22,24). The molecule has 0 aliphatic carbocycles. The van der Waals surface area contributed by atoms with E-state index in [0.717, 1.165) is 16.9 Å². The lowest BCUT2D eigenvalue weighted by molar-refractivity contribution is 0.0600. The van der Waals surface area contributed by atoms with E-state index >= 15 is 0 Å². The summed E-state index contributed by atoms with van der Waals surface area (Å²) in [5, 5.41) is 12.3. The SMILES string of the molecule is COC(=O)c1ccc(C)c(NC(=O)c2sc3nc(N)c(C#N)cc3c2N)c1. The number of nitrogen functional groups attached to an aromatic ring is 2. The molecule has 0 radical (unpaired) electrons. The molecular formula is C18H15N5O3S. The Bertz CT molecular complexity index is 1130. The summed E-state index contributed by atoms with van der Waals surface area (Å²) in [6.07, 6.45) is 0. The first kappa shape index (κ1) is 18.2. The quantitative estimate of drug-likeness (QED) is 0.591. The fourth-order valence-corrected chi connectivity index (χ4v) is 3.47. The zero-order chi connectivity index (χ0) is 19.7. The van der Waals surface area contributed by atoms with Crippen LogP contribution in [-0.2, 0) is 4.74 Å². The number of amides is 1. The summed E-state index contributed by atoms with van der Waals surface area (Å²) in [6, 6.07) is 8.31. The van der Waals surface area contributed by atoms with Crippen molar-refractivity contribution in [2.24, 2.45) is 0 Å². The minimum atomic E-state index is -0.504. The number of hydrogen-bond donors (Lipinski definition) is 3. The number of nitriles is 1. The Labute approximate surface area is 158 Å². The fourth-order valence-electron chi connectivity index (χ4n) is 2.49. The van der Waals surface area contributed by atoms with Crippen molar-refractivity contribution in [3.05, 3.63) is 45.8 Å². The molecule has 0 saturated heterocycles. The van der Waals surface area contributed by atoms with E-state index in [9.17, 15) is 9.59 Å². The number of rotatable bonds is 3. The van der Waals surface area contributed by atoms with Gasteiger partial charge in [-0.2, -0.15) is 5.26 Å². The van der Waals surface area contributed by atoms with Crippen molar-refractivity contribution in [2.45, 2.75) is 6.92 Å². The normalized spacial score (nSPS) is 10.4. The van der Waals surface area contributed by atoms with Crippen molar-refractivity contribution >= 4 is 50.6 Å². The second-order valence-corrected chi connectivity index (χ2v) is 6.71. The van der Waals surface area contributed by atoms with Gasteiger partial charge in [0.25, 0.3) is 5.91 Å². The highest BCUT2D eigenvalue weighted by Gasteiger charge is 2.20. The average molecular weight is 381 g/mol. The van der Waals surface area contributed by atoms with Crippen LogP contribution in [0.15, 0.2) is 24.3 Å². The Morgan fingerprint density at radius 1 is 1.30 bits per heavy atom. The largest absolute Gasteiger partial charge is 0.465 e. The van der Waals surface area contributed by atoms with Crippen molar-refractivity contribution in [2.75, 3.05) is 23.9 Å². The maximum absolute atomic E-state index is 12.7. The van der Waals surface area contributed by atoms with Crippen molar-refractivity contribution < 1.29 is 14.3 Å². The molecule has 0 fully saturated rings. The van der Waals surface area contributed by atoms with Gasteiger partial charge in [-0.1, -0.05) is 6.07 Å². The number of pyridine rings is 1. The number of nitrogens with two attached hydrogens (primary N) is 2. The number of benzene rings is 1. The third-order valence-corrected chi connectivity index (χ3v) is 5.10. The van der Waals surface area contributed by atoms with Crippen molar-refractivity contribution in [1.29, 1.82) is 5.26 Å². The lowest BCUT2D eigenvalue weighted by Crippen LogP contribution is -2.13. The minimum absolute atomic E-state index is 0.0832. The van der Waals surface area contributed by atoms with E-state index in [1.54, 1.807) is 19.1 Å². The van der Waals surface area contributed by atoms with Gasteiger partial charge < -0.3 is 21.5 Å². The zero-order valence-corrected chi connectivity index (χ0v) is 15.3. The van der Waals surface area contributed by atoms with Crippen molar-refractivity contribution in [3.63, 3.8) is 0 Å². The van der Waals surface area contributed by atoms with E-state index in [0.29, 0.717) is 21.5 Å². The van der Waals surface area contributed by atoms with E-state index in [4.69, 9.17) is 21.5 Å². The highest BCUT2D eigenvalue weighted by molar-refractivity contribution is 7.21. The Balaban J connectivity index is 1.99. The molecule has 3 rings (SSSR count). The van der Waals surface area contributed by atoms with Crippen LogP contribution in [0.4, 0.5) is 17.2 Å². The number of hydrogen-bond acceptors (Lipinski definition) is 8. The van der Waals surface area contributed by atoms with Gasteiger partial charge in [0.1, 0.15) is 21.6 Å². The van der Waals surface area contributed by atoms with Gasteiger partial charge in [0, 0.05) is 11.1 Å². The molecule has 136 valence electrons. The fraction of sp³-hybridized carbons (Fsp3) is 0.111. The van der Waals surface area contributed by atoms with Gasteiger partial charge >= 0.3 is 5.97 Å². The van der Waals surface area contributed by atoms with Crippen LogP contribution in [0.1, 0.15) is 31.2 Å². The lowest BCUT2D eigenvalue weighted by Gasteiger charge is -2.09. The molecule has 1 amide bonds. The summed E-state index contributed by atoms with van der Waals surface area (Å²) in [4.78, 5) is 29.3. The maximum Gasteiger partial charge on any atom is 0.337 e. The number of carbonyl (C=O) groups excluding carboxylic acids is 2. The number of nitrogens with one attached hydrogen (secondary N) is 1. The molecule has 8 nitrogen and oxygen atoms in total. The second kappa shape index (κ2) is 6.93. The van der Waals surface area contributed by atoms with Gasteiger partial charge in [0.2, 0.25) is 0 Å². The van der Waals surface area contributed by atoms with Crippen LogP contribution in [0.5, 0.6) is 0 Å². The van der Waals surface area contributed by atoms with Gasteiger partial charge in [-0.05, 0) is 30.7 Å². The second-order valence-electron chi connectivity index (χ2n) is 5.71. The number of aryl methyl sites for hydroxylation is 1. The first-order valence-electron chi connectivity index (χ1n) is 7.74. The summed E-state index contributed by atoms with van der Waals surface area (Å²) in [5.74, 6) is -0.867. The van der Waals surface area contributed by atoms with Crippen LogP contribution < -0.4 is 16.8 Å². The number of thiophene rings is 1. The molecule has 0 atom stereocenters. The summed E-state index contributed by atoms with van der Waals surface area (Å²) in [7, 11) is 1.28. The Kier molecular flexibility index (Phi) is 4.66. The van der Waals surface area contributed by atoms with E-state index in [2.05, 4.69) is 10.3 Å². The molecule has 2 aromatic heterocycles. The van der Waals surface area contributed by atoms with Gasteiger partial charge in [0.15, 0.2) is 0 Å². The van der Waals surface area contributed by atoms with Crippen LogP contribution in [0.2, 0.25) is 0 Å². The van der Waals surface area contributed by atoms with Gasteiger partial charge in [-0.15, -0.1) is 11.3 Å². The molecule has 2 heterocycles. The van der Waals surface area contributed by atoms with E-state index in [1.807, 2.05) is 6.07 Å². The average Bonchev–Trinajstić information content (AvgIpc) is 2.97. The predicted octanol–water partition coefficient (Wildman–Crippen LogP) is 2.68. The minimum Gasteiger partial charge on any atom is -0.465 e. The van der Waals surface area contributed by atoms with E-state index in [-0.39, 0.29) is 21.9 Å². The number of anilines is 3. The maximum atomic E-state index is 12.7. The Hall–Kier alpha value is -3.64. The van der Waals surface area contributed by atoms with Crippen LogP contribution >= 0.6 is 11.3 Å². The summed E-state index contributed by atoms with van der Waals surface area (Å²) in [6.45, 7) is 1.80. The predicted molar refractivity (Wildman–Crippen MR) is 104 cm³/mol. The lowest BCUT2D eigenvalue weighted by atomic mass is 10.1. The number of fused-ring (bicyclic) bond motifs is 1. The smallest absolute Gasteiger partial charge is 0.337 e. The topological polar surface area (TPSA) is 144 Å². The molecule has 9 heteroatoms. The zero-order valence-electron chi connectivity index (χ0n) is 14.5. The number of aromatic nitrogens is 1.